The predicted octanol–water partition coefficient (Wildman–Crippen LogP) is 15.7. The van der Waals surface area contributed by atoms with Crippen molar-refractivity contribution in [1.82, 2.24) is 0 Å². The minimum atomic E-state index is -0.125. The molecule has 1 aliphatic rings. The lowest BCUT2D eigenvalue weighted by molar-refractivity contribution is 0.660. The van der Waals surface area contributed by atoms with Crippen LogP contribution in [-0.2, 0) is 5.41 Å². The van der Waals surface area contributed by atoms with Crippen LogP contribution in [0.25, 0.3) is 88.0 Å². The van der Waals surface area contributed by atoms with Gasteiger partial charge in [0.05, 0.1) is 17.1 Å². The molecule has 0 spiro atoms. The van der Waals surface area contributed by atoms with Gasteiger partial charge in [0.1, 0.15) is 16.7 Å². The minimum Gasteiger partial charge on any atom is -0.455 e. The second-order valence-corrected chi connectivity index (χ2v) is 16.0. The van der Waals surface area contributed by atoms with E-state index in [4.69, 9.17) is 8.83 Å². The normalized spacial score (nSPS) is 13.1. The Hall–Kier alpha value is -7.36. The molecule has 0 aliphatic heterocycles. The zero-order chi connectivity index (χ0) is 38.5. The number of rotatable bonds is 5. The highest BCUT2D eigenvalue weighted by molar-refractivity contribution is 6.20. The molecule has 2 aromatic heterocycles. The molecule has 1 aliphatic carbocycles. The van der Waals surface area contributed by atoms with Gasteiger partial charge in [0.25, 0.3) is 0 Å². The van der Waals surface area contributed by atoms with Crippen LogP contribution in [0.1, 0.15) is 25.0 Å². The molecule has 274 valence electrons. The van der Waals surface area contributed by atoms with Gasteiger partial charge in [0.2, 0.25) is 0 Å². The smallest absolute Gasteiger partial charge is 0.159 e. The molecule has 11 aromatic rings. The van der Waals surface area contributed by atoms with Crippen LogP contribution in [0, 0.1) is 0 Å². The summed E-state index contributed by atoms with van der Waals surface area (Å²) in [6, 6.07) is 67.6. The molecule has 0 amide bonds. The van der Waals surface area contributed by atoms with Crippen molar-refractivity contribution in [2.45, 2.75) is 19.3 Å². The molecule has 12 rings (SSSR count). The first-order chi connectivity index (χ1) is 28.6. The number of hydrogen-bond acceptors (Lipinski definition) is 3. The van der Waals surface area contributed by atoms with Crippen molar-refractivity contribution in [3.05, 3.63) is 199 Å². The fourth-order valence-corrected chi connectivity index (χ4v) is 9.85. The van der Waals surface area contributed by atoms with Gasteiger partial charge < -0.3 is 13.7 Å². The van der Waals surface area contributed by atoms with E-state index in [9.17, 15) is 0 Å². The number of hydrogen-bond donors (Lipinski definition) is 0. The second kappa shape index (κ2) is 12.3. The Balaban J connectivity index is 1.17. The molecule has 9 aromatic carbocycles. The van der Waals surface area contributed by atoms with E-state index in [0.29, 0.717) is 0 Å². The Labute approximate surface area is 336 Å². The molecule has 3 nitrogen and oxygen atoms in total. The van der Waals surface area contributed by atoms with Gasteiger partial charge in [-0.3, -0.25) is 0 Å². The molecule has 58 heavy (non-hydrogen) atoms. The number of benzene rings is 9. The molecule has 0 atom stereocenters. The molecule has 0 radical (unpaired) electrons. The molecule has 0 fully saturated rings. The Kier molecular flexibility index (Phi) is 6.98. The summed E-state index contributed by atoms with van der Waals surface area (Å²) in [6.45, 7) is 4.70. The maximum absolute atomic E-state index is 6.85. The number of para-hydroxylation sites is 4. The largest absolute Gasteiger partial charge is 0.455 e. The fraction of sp³-hybridized carbons (Fsp3) is 0.0545. The van der Waals surface area contributed by atoms with Crippen LogP contribution in [0.15, 0.2) is 197 Å². The summed E-state index contributed by atoms with van der Waals surface area (Å²) in [5.74, 6) is 0. The first-order valence-electron chi connectivity index (χ1n) is 20.0. The van der Waals surface area contributed by atoms with Gasteiger partial charge in [0, 0.05) is 43.5 Å². The predicted molar refractivity (Wildman–Crippen MR) is 242 cm³/mol. The van der Waals surface area contributed by atoms with Crippen LogP contribution < -0.4 is 4.90 Å². The maximum atomic E-state index is 6.85. The van der Waals surface area contributed by atoms with Gasteiger partial charge >= 0.3 is 0 Å². The van der Waals surface area contributed by atoms with Gasteiger partial charge in [-0.2, -0.15) is 0 Å². The van der Waals surface area contributed by atoms with Crippen molar-refractivity contribution in [3.8, 4) is 33.4 Å². The number of fused-ring (bicyclic) bond motifs is 11. The van der Waals surface area contributed by atoms with Crippen molar-refractivity contribution in [2.75, 3.05) is 4.90 Å². The first kappa shape index (κ1) is 32.8. The van der Waals surface area contributed by atoms with Crippen LogP contribution >= 0.6 is 0 Å². The zero-order valence-electron chi connectivity index (χ0n) is 32.2. The molecular formula is C55H37NO2. The monoisotopic (exact) mass is 743 g/mol. The van der Waals surface area contributed by atoms with Crippen LogP contribution in [-0.4, -0.2) is 0 Å². The van der Waals surface area contributed by atoms with E-state index in [1.165, 1.54) is 27.8 Å². The molecule has 3 heteroatoms. The summed E-state index contributed by atoms with van der Waals surface area (Å²) in [6.07, 6.45) is 0. The lowest BCUT2D eigenvalue weighted by Gasteiger charge is -2.30. The van der Waals surface area contributed by atoms with Crippen LogP contribution in [0.2, 0.25) is 0 Å². The van der Waals surface area contributed by atoms with Crippen LogP contribution in [0.4, 0.5) is 17.1 Å². The van der Waals surface area contributed by atoms with E-state index in [1.54, 1.807) is 0 Å². The first-order valence-corrected chi connectivity index (χ1v) is 20.0. The van der Waals surface area contributed by atoms with Crippen molar-refractivity contribution in [1.29, 1.82) is 0 Å². The maximum Gasteiger partial charge on any atom is 0.159 e. The third-order valence-corrected chi connectivity index (χ3v) is 12.5. The van der Waals surface area contributed by atoms with Gasteiger partial charge in [0.15, 0.2) is 5.58 Å². The van der Waals surface area contributed by atoms with E-state index in [0.717, 1.165) is 88.4 Å². The molecule has 2 heterocycles. The lowest BCUT2D eigenvalue weighted by Crippen LogP contribution is -2.15. The lowest BCUT2D eigenvalue weighted by atomic mass is 9.82. The van der Waals surface area contributed by atoms with Crippen LogP contribution in [0.5, 0.6) is 0 Å². The Morgan fingerprint density at radius 3 is 1.76 bits per heavy atom. The number of anilines is 3. The molecule has 0 saturated carbocycles. The van der Waals surface area contributed by atoms with E-state index < -0.39 is 0 Å². The highest BCUT2D eigenvalue weighted by Gasteiger charge is 2.37. The van der Waals surface area contributed by atoms with Crippen molar-refractivity contribution in [2.24, 2.45) is 0 Å². The van der Waals surface area contributed by atoms with Gasteiger partial charge in [-0.1, -0.05) is 166 Å². The topological polar surface area (TPSA) is 29.5 Å². The highest BCUT2D eigenvalue weighted by Crippen LogP contribution is 2.55. The second-order valence-electron chi connectivity index (χ2n) is 16.0. The fourth-order valence-electron chi connectivity index (χ4n) is 9.85. The van der Waals surface area contributed by atoms with E-state index >= 15 is 0 Å². The summed E-state index contributed by atoms with van der Waals surface area (Å²) in [7, 11) is 0. The Morgan fingerprint density at radius 2 is 0.914 bits per heavy atom. The van der Waals surface area contributed by atoms with Crippen molar-refractivity contribution >= 4 is 71.7 Å². The highest BCUT2D eigenvalue weighted by atomic mass is 16.3. The van der Waals surface area contributed by atoms with E-state index in [2.05, 4.69) is 201 Å². The summed E-state index contributed by atoms with van der Waals surface area (Å²) in [5.41, 5.74) is 16.3. The number of nitrogens with zero attached hydrogens (tertiary/aromatic N) is 1. The molecule has 0 saturated heterocycles. The van der Waals surface area contributed by atoms with Gasteiger partial charge in [-0.15, -0.1) is 0 Å². The van der Waals surface area contributed by atoms with Gasteiger partial charge in [-0.05, 0) is 75.2 Å². The molecule has 0 N–H and O–H groups in total. The molecule has 0 bridgehead atoms. The van der Waals surface area contributed by atoms with Gasteiger partial charge in [-0.25, -0.2) is 0 Å². The van der Waals surface area contributed by atoms with Crippen molar-refractivity contribution < 1.29 is 8.83 Å². The van der Waals surface area contributed by atoms with Crippen LogP contribution in [0.3, 0.4) is 0 Å². The average Bonchev–Trinajstić information content (AvgIpc) is 3.93. The van der Waals surface area contributed by atoms with Crippen molar-refractivity contribution in [3.63, 3.8) is 0 Å². The standard InChI is InChI=1S/C55H37NO2/c1-55(2)44-25-9-5-21-42(44)51-39(22-13-26-45(51)55)36-18-6-10-27-46(36)56(48-29-14-24-41-38-20-8-12-30-49(38)57-54(41)48)47-28-11-7-19-37(47)40-23-15-31-50-52(40)43-33-32-34-16-3-4-17-35(34)53(43)58-50/h3-33H,1-2H3. The summed E-state index contributed by atoms with van der Waals surface area (Å²) < 4.78 is 13.6. The van der Waals surface area contributed by atoms with E-state index in [1.807, 2.05) is 6.07 Å². The zero-order valence-corrected chi connectivity index (χ0v) is 32.2. The number of furan rings is 2. The van der Waals surface area contributed by atoms with E-state index in [-0.39, 0.29) is 5.41 Å². The average molecular weight is 744 g/mol. The summed E-state index contributed by atoms with van der Waals surface area (Å²) >= 11 is 0. The Bertz CT molecular complexity index is 3450. The Morgan fingerprint density at radius 1 is 0.362 bits per heavy atom. The third kappa shape index (κ3) is 4.62. The molecule has 0 unspecified atom stereocenters. The third-order valence-electron chi connectivity index (χ3n) is 12.5. The summed E-state index contributed by atoms with van der Waals surface area (Å²) in [4.78, 5) is 2.43. The summed E-state index contributed by atoms with van der Waals surface area (Å²) in [5, 5.41) is 6.66. The minimum absolute atomic E-state index is 0.125. The SMILES string of the molecule is CC1(C)c2ccccc2-c2c(-c3ccccc3N(c3ccccc3-c3cccc4oc5c6ccccc6ccc5c34)c3cccc4c3oc3ccccc34)cccc21. The quantitative estimate of drug-likeness (QED) is 0.176. The molecular weight excluding hydrogens is 707 g/mol.